The Bertz CT molecular complexity index is 1200. The maximum Gasteiger partial charge on any atom is 0.330 e. The van der Waals surface area contributed by atoms with Crippen molar-refractivity contribution in [1.29, 1.82) is 0 Å². The summed E-state index contributed by atoms with van der Waals surface area (Å²) in [6.45, 7) is 0.366. The van der Waals surface area contributed by atoms with E-state index in [0.29, 0.717) is 17.8 Å². The van der Waals surface area contributed by atoms with E-state index in [0.717, 1.165) is 42.7 Å². The predicted molar refractivity (Wildman–Crippen MR) is 133 cm³/mol. The highest BCUT2D eigenvalue weighted by atomic mass is 16.5. The third-order valence-electron chi connectivity index (χ3n) is 6.18. The van der Waals surface area contributed by atoms with Crippen molar-refractivity contribution in [3.05, 3.63) is 72.3 Å². The molecule has 3 aromatic rings. The van der Waals surface area contributed by atoms with Gasteiger partial charge in [0.05, 0.1) is 44.5 Å². The van der Waals surface area contributed by atoms with Gasteiger partial charge in [-0.05, 0) is 42.7 Å². The lowest BCUT2D eigenvalue weighted by atomic mass is 9.88. The number of anilines is 1. The number of carbonyl (C=O) groups is 2. The van der Waals surface area contributed by atoms with E-state index in [4.69, 9.17) is 4.74 Å². The Morgan fingerprint density at radius 3 is 2.71 bits per heavy atom. The Balaban J connectivity index is 1.62. The van der Waals surface area contributed by atoms with Gasteiger partial charge in [0.15, 0.2) is 0 Å². The van der Waals surface area contributed by atoms with E-state index in [9.17, 15) is 9.59 Å². The SMILES string of the molecule is COC(=O)/C=C/c1cncc(N(Cc2cnn(-c3cccc(OC)c3)c2)C(=O)C2CCCCC2)c1. The second-order valence-electron chi connectivity index (χ2n) is 8.59. The molecule has 1 aromatic carbocycles. The van der Waals surface area contributed by atoms with Crippen LogP contribution in [-0.2, 0) is 20.9 Å². The number of ether oxygens (including phenoxy) is 2. The molecule has 2 heterocycles. The quantitative estimate of drug-likeness (QED) is 0.351. The summed E-state index contributed by atoms with van der Waals surface area (Å²) in [7, 11) is 2.96. The summed E-state index contributed by atoms with van der Waals surface area (Å²) in [4.78, 5) is 31.3. The molecule has 0 saturated heterocycles. The summed E-state index contributed by atoms with van der Waals surface area (Å²) < 4.78 is 11.8. The number of benzene rings is 1. The van der Waals surface area contributed by atoms with Gasteiger partial charge in [0.2, 0.25) is 5.91 Å². The van der Waals surface area contributed by atoms with Crippen LogP contribution < -0.4 is 9.64 Å². The van der Waals surface area contributed by atoms with Gasteiger partial charge in [0.25, 0.3) is 0 Å². The molecule has 2 aromatic heterocycles. The molecular formula is C27H30N4O4. The zero-order chi connectivity index (χ0) is 24.6. The highest BCUT2D eigenvalue weighted by Crippen LogP contribution is 2.29. The minimum atomic E-state index is -0.449. The van der Waals surface area contributed by atoms with Crippen LogP contribution in [0.4, 0.5) is 5.69 Å². The minimum Gasteiger partial charge on any atom is -0.497 e. The zero-order valence-corrected chi connectivity index (χ0v) is 20.1. The van der Waals surface area contributed by atoms with Gasteiger partial charge in [-0.25, -0.2) is 9.48 Å². The maximum atomic E-state index is 13.6. The molecule has 8 nitrogen and oxygen atoms in total. The lowest BCUT2D eigenvalue weighted by molar-refractivity contribution is -0.134. The molecule has 1 saturated carbocycles. The molecule has 0 bridgehead atoms. The molecule has 8 heteroatoms. The lowest BCUT2D eigenvalue weighted by Gasteiger charge is -2.29. The third-order valence-corrected chi connectivity index (χ3v) is 6.18. The van der Waals surface area contributed by atoms with Crippen LogP contribution in [0.3, 0.4) is 0 Å². The molecule has 1 amide bonds. The largest absolute Gasteiger partial charge is 0.497 e. The molecule has 0 atom stereocenters. The van der Waals surface area contributed by atoms with E-state index in [1.807, 2.05) is 36.5 Å². The zero-order valence-electron chi connectivity index (χ0n) is 20.1. The second kappa shape index (κ2) is 11.5. The van der Waals surface area contributed by atoms with E-state index >= 15 is 0 Å². The van der Waals surface area contributed by atoms with Crippen molar-refractivity contribution in [2.75, 3.05) is 19.1 Å². The molecular weight excluding hydrogens is 444 g/mol. The number of esters is 1. The number of hydrogen-bond acceptors (Lipinski definition) is 6. The molecule has 0 spiro atoms. The van der Waals surface area contributed by atoms with Crippen LogP contribution >= 0.6 is 0 Å². The molecule has 182 valence electrons. The molecule has 1 aliphatic carbocycles. The lowest BCUT2D eigenvalue weighted by Crippen LogP contribution is -2.36. The molecule has 0 radical (unpaired) electrons. The Morgan fingerprint density at radius 1 is 1.11 bits per heavy atom. The first-order valence-corrected chi connectivity index (χ1v) is 11.8. The monoisotopic (exact) mass is 474 g/mol. The molecule has 4 rings (SSSR count). The van der Waals surface area contributed by atoms with Gasteiger partial charge in [-0.3, -0.25) is 9.78 Å². The van der Waals surface area contributed by atoms with Gasteiger partial charge in [-0.1, -0.05) is 25.3 Å². The Labute approximate surface area is 205 Å². The number of methoxy groups -OCH3 is 2. The van der Waals surface area contributed by atoms with Crippen LogP contribution in [0.1, 0.15) is 43.2 Å². The number of nitrogens with zero attached hydrogens (tertiary/aromatic N) is 4. The Kier molecular flexibility index (Phi) is 7.92. The molecule has 1 aliphatic rings. The molecule has 0 aliphatic heterocycles. The topological polar surface area (TPSA) is 86.6 Å². The fraction of sp³-hybridized carbons (Fsp3) is 0.333. The van der Waals surface area contributed by atoms with Gasteiger partial charge in [0.1, 0.15) is 5.75 Å². The average molecular weight is 475 g/mol. The van der Waals surface area contributed by atoms with Crippen LogP contribution in [0.25, 0.3) is 11.8 Å². The number of pyridine rings is 1. The molecule has 1 fully saturated rings. The van der Waals surface area contributed by atoms with Crippen molar-refractivity contribution in [3.63, 3.8) is 0 Å². The smallest absolute Gasteiger partial charge is 0.330 e. The van der Waals surface area contributed by atoms with E-state index in [1.165, 1.54) is 19.6 Å². The Hall–Kier alpha value is -3.94. The van der Waals surface area contributed by atoms with Crippen molar-refractivity contribution >= 4 is 23.6 Å². The van der Waals surface area contributed by atoms with Gasteiger partial charge >= 0.3 is 5.97 Å². The summed E-state index contributed by atoms with van der Waals surface area (Å²) >= 11 is 0. The summed E-state index contributed by atoms with van der Waals surface area (Å²) in [6.07, 6.45) is 15.1. The van der Waals surface area contributed by atoms with Crippen molar-refractivity contribution in [2.24, 2.45) is 5.92 Å². The molecule has 0 N–H and O–H groups in total. The molecule has 35 heavy (non-hydrogen) atoms. The first-order valence-electron chi connectivity index (χ1n) is 11.8. The summed E-state index contributed by atoms with van der Waals surface area (Å²) in [6, 6.07) is 9.51. The van der Waals surface area contributed by atoms with Crippen LogP contribution in [0.5, 0.6) is 5.75 Å². The van der Waals surface area contributed by atoms with Gasteiger partial charge in [-0.15, -0.1) is 0 Å². The average Bonchev–Trinajstić information content (AvgIpc) is 3.39. The fourth-order valence-electron chi connectivity index (χ4n) is 4.30. The second-order valence-corrected chi connectivity index (χ2v) is 8.59. The van der Waals surface area contributed by atoms with Crippen LogP contribution in [0.15, 0.2) is 61.2 Å². The van der Waals surface area contributed by atoms with Crippen molar-refractivity contribution in [3.8, 4) is 11.4 Å². The van der Waals surface area contributed by atoms with Crippen molar-refractivity contribution < 1.29 is 19.1 Å². The van der Waals surface area contributed by atoms with Crippen LogP contribution in [0.2, 0.25) is 0 Å². The van der Waals surface area contributed by atoms with Crippen molar-refractivity contribution in [1.82, 2.24) is 14.8 Å². The third kappa shape index (κ3) is 6.15. The highest BCUT2D eigenvalue weighted by molar-refractivity contribution is 5.95. The van der Waals surface area contributed by atoms with E-state index in [2.05, 4.69) is 14.8 Å². The minimum absolute atomic E-state index is 0.00792. The van der Waals surface area contributed by atoms with Crippen molar-refractivity contribution in [2.45, 2.75) is 38.6 Å². The maximum absolute atomic E-state index is 13.6. The molecule has 0 unspecified atom stereocenters. The first-order chi connectivity index (χ1) is 17.1. The number of amides is 1. The number of aromatic nitrogens is 3. The van der Waals surface area contributed by atoms with Gasteiger partial charge < -0.3 is 14.4 Å². The van der Waals surface area contributed by atoms with Crippen LogP contribution in [0, 0.1) is 5.92 Å². The van der Waals surface area contributed by atoms with Crippen LogP contribution in [-0.4, -0.2) is 40.9 Å². The standard InChI is InChI=1S/C27H30N4O4/c1-34-25-10-6-9-23(14-25)31-19-21(16-29-31)18-30(27(33)22-7-4-3-5-8-22)24-13-20(15-28-17-24)11-12-26(32)35-2/h6,9-17,19,22H,3-5,7-8,18H2,1-2H3/b12-11+. The first kappa shape index (κ1) is 24.2. The summed E-state index contributed by atoms with van der Waals surface area (Å²) in [5.74, 6) is 0.383. The number of hydrogen-bond donors (Lipinski definition) is 0. The highest BCUT2D eigenvalue weighted by Gasteiger charge is 2.27. The number of carbonyl (C=O) groups excluding carboxylic acids is 2. The van der Waals surface area contributed by atoms with Gasteiger partial charge in [0, 0.05) is 36.0 Å². The Morgan fingerprint density at radius 2 is 1.94 bits per heavy atom. The fourth-order valence-corrected chi connectivity index (χ4v) is 4.30. The summed E-state index contributed by atoms with van der Waals surface area (Å²) in [5, 5.41) is 4.50. The van der Waals surface area contributed by atoms with E-state index in [-0.39, 0.29) is 11.8 Å². The normalized spacial score (nSPS) is 14.1. The predicted octanol–water partition coefficient (Wildman–Crippen LogP) is 4.58. The number of rotatable bonds is 8. The van der Waals surface area contributed by atoms with Gasteiger partial charge in [-0.2, -0.15) is 5.10 Å². The summed E-state index contributed by atoms with van der Waals surface area (Å²) in [5.41, 5.74) is 3.16. The van der Waals surface area contributed by atoms with E-state index < -0.39 is 5.97 Å². The van der Waals surface area contributed by atoms with E-state index in [1.54, 1.807) is 41.4 Å².